The van der Waals surface area contributed by atoms with Crippen molar-refractivity contribution in [3.8, 4) is 0 Å². The summed E-state index contributed by atoms with van der Waals surface area (Å²) in [7, 11) is 1.81. The van der Waals surface area contributed by atoms with Gasteiger partial charge < -0.3 is 15.5 Å². The smallest absolute Gasteiger partial charge is 0.191 e. The third-order valence-corrected chi connectivity index (χ3v) is 4.72. The molecule has 2 N–H and O–H groups in total. The molecule has 0 amide bonds. The number of nitrogens with zero attached hydrogens (tertiary/aromatic N) is 4. The van der Waals surface area contributed by atoms with Gasteiger partial charge >= 0.3 is 0 Å². The Bertz CT molecular complexity index is 797. The molecular formula is C21H30N6. The van der Waals surface area contributed by atoms with Crippen LogP contribution in [0.4, 0.5) is 5.69 Å². The Morgan fingerprint density at radius 1 is 1.15 bits per heavy atom. The number of anilines is 1. The summed E-state index contributed by atoms with van der Waals surface area (Å²) in [5, 5.41) is 11.3. The zero-order valence-electron chi connectivity index (χ0n) is 16.6. The third-order valence-electron chi connectivity index (χ3n) is 4.72. The Balaban J connectivity index is 1.42. The predicted molar refractivity (Wildman–Crippen MR) is 112 cm³/mol. The Labute approximate surface area is 162 Å². The van der Waals surface area contributed by atoms with Crippen LogP contribution in [0.3, 0.4) is 0 Å². The Morgan fingerprint density at radius 3 is 2.67 bits per heavy atom. The highest BCUT2D eigenvalue weighted by Crippen LogP contribution is 2.18. The number of aromatic nitrogens is 2. The van der Waals surface area contributed by atoms with Crippen LogP contribution in [0.25, 0.3) is 0 Å². The molecule has 0 saturated heterocycles. The minimum Gasteiger partial charge on any atom is -0.364 e. The van der Waals surface area contributed by atoms with Crippen LogP contribution in [0.1, 0.15) is 23.4 Å². The quantitative estimate of drug-likeness (QED) is 0.342. The summed E-state index contributed by atoms with van der Waals surface area (Å²) in [6.45, 7) is 8.65. The minimum absolute atomic E-state index is 0.756. The second-order valence-corrected chi connectivity index (χ2v) is 6.90. The van der Waals surface area contributed by atoms with Crippen LogP contribution in [0, 0.1) is 13.8 Å². The monoisotopic (exact) mass is 366 g/mol. The van der Waals surface area contributed by atoms with Crippen molar-refractivity contribution in [1.82, 2.24) is 20.4 Å². The number of aryl methyl sites for hydroxylation is 3. The Kier molecular flexibility index (Phi) is 6.52. The fourth-order valence-corrected chi connectivity index (χ4v) is 3.30. The molecule has 3 rings (SSSR count). The molecule has 27 heavy (non-hydrogen) atoms. The Hall–Kier alpha value is -2.76. The zero-order valence-corrected chi connectivity index (χ0v) is 16.6. The molecule has 0 bridgehead atoms. The van der Waals surface area contributed by atoms with Crippen LogP contribution in [0.15, 0.2) is 47.5 Å². The topological polar surface area (TPSA) is 57.5 Å². The molecule has 0 spiro atoms. The highest BCUT2D eigenvalue weighted by atomic mass is 15.3. The van der Waals surface area contributed by atoms with Crippen molar-refractivity contribution in [2.24, 2.45) is 4.99 Å². The van der Waals surface area contributed by atoms with Gasteiger partial charge in [-0.05, 0) is 44.0 Å². The number of nitrogens with one attached hydrogen (secondary N) is 2. The van der Waals surface area contributed by atoms with Gasteiger partial charge in [0.15, 0.2) is 5.96 Å². The van der Waals surface area contributed by atoms with Crippen molar-refractivity contribution in [2.45, 2.75) is 33.4 Å². The van der Waals surface area contributed by atoms with Crippen LogP contribution >= 0.6 is 0 Å². The van der Waals surface area contributed by atoms with Gasteiger partial charge in [0.1, 0.15) is 0 Å². The molecule has 2 heterocycles. The number of rotatable bonds is 7. The van der Waals surface area contributed by atoms with E-state index in [0.29, 0.717) is 0 Å². The van der Waals surface area contributed by atoms with Crippen molar-refractivity contribution < 1.29 is 0 Å². The highest BCUT2D eigenvalue weighted by Gasteiger charge is 2.08. The molecule has 1 aliphatic rings. The summed E-state index contributed by atoms with van der Waals surface area (Å²) in [6, 6.07) is 10.8. The molecule has 1 aromatic carbocycles. The van der Waals surface area contributed by atoms with E-state index in [9.17, 15) is 0 Å². The molecule has 1 aliphatic heterocycles. The lowest BCUT2D eigenvalue weighted by molar-refractivity contribution is 0.555. The molecule has 0 atom stereocenters. The molecule has 0 unspecified atom stereocenters. The zero-order chi connectivity index (χ0) is 19.1. The van der Waals surface area contributed by atoms with Gasteiger partial charge in [0.25, 0.3) is 0 Å². The maximum Gasteiger partial charge on any atom is 0.191 e. The molecule has 6 heteroatoms. The van der Waals surface area contributed by atoms with E-state index < -0.39 is 0 Å². The van der Waals surface area contributed by atoms with Crippen molar-refractivity contribution in [1.29, 1.82) is 0 Å². The van der Waals surface area contributed by atoms with E-state index in [1.807, 2.05) is 14.0 Å². The number of hydrogen-bond donors (Lipinski definition) is 2. The van der Waals surface area contributed by atoms with Crippen molar-refractivity contribution in [3.63, 3.8) is 0 Å². The summed E-state index contributed by atoms with van der Waals surface area (Å²) in [6.07, 6.45) is 5.42. The lowest BCUT2D eigenvalue weighted by Crippen LogP contribution is -2.37. The molecule has 0 radical (unpaired) electrons. The lowest BCUT2D eigenvalue weighted by atomic mass is 10.2. The predicted octanol–water partition coefficient (Wildman–Crippen LogP) is 2.63. The average Bonchev–Trinajstić information content (AvgIpc) is 3.31. The largest absolute Gasteiger partial charge is 0.364 e. The van der Waals surface area contributed by atoms with Gasteiger partial charge in [-0.3, -0.25) is 9.67 Å². The number of aliphatic imine (C=N–C) groups is 1. The van der Waals surface area contributed by atoms with E-state index in [4.69, 9.17) is 0 Å². The van der Waals surface area contributed by atoms with Gasteiger partial charge in [-0.15, -0.1) is 0 Å². The first kappa shape index (κ1) is 19.0. The van der Waals surface area contributed by atoms with Gasteiger partial charge in [-0.2, -0.15) is 5.10 Å². The third kappa shape index (κ3) is 5.36. The molecule has 0 fully saturated rings. The number of benzene rings is 1. The van der Waals surface area contributed by atoms with Crippen molar-refractivity contribution >= 4 is 11.6 Å². The fourth-order valence-electron chi connectivity index (χ4n) is 3.30. The molecule has 2 aromatic rings. The normalized spacial score (nSPS) is 14.0. The lowest BCUT2D eigenvalue weighted by Gasteiger charge is -2.19. The maximum atomic E-state index is 4.50. The summed E-state index contributed by atoms with van der Waals surface area (Å²) in [5.41, 5.74) is 4.81. The Morgan fingerprint density at radius 2 is 1.96 bits per heavy atom. The first-order valence-corrected chi connectivity index (χ1v) is 9.60. The first-order valence-electron chi connectivity index (χ1n) is 9.60. The van der Waals surface area contributed by atoms with Gasteiger partial charge in [0.2, 0.25) is 0 Å². The van der Waals surface area contributed by atoms with E-state index in [1.54, 1.807) is 0 Å². The van der Waals surface area contributed by atoms with E-state index in [-0.39, 0.29) is 0 Å². The fraction of sp³-hybridized carbons (Fsp3) is 0.429. The van der Waals surface area contributed by atoms with Crippen molar-refractivity contribution in [2.75, 3.05) is 31.6 Å². The number of guanidine groups is 1. The summed E-state index contributed by atoms with van der Waals surface area (Å²) >= 11 is 0. The van der Waals surface area contributed by atoms with Gasteiger partial charge in [0.05, 0.1) is 5.69 Å². The highest BCUT2D eigenvalue weighted by molar-refractivity contribution is 5.79. The average molecular weight is 367 g/mol. The molecule has 0 aliphatic carbocycles. The second-order valence-electron chi connectivity index (χ2n) is 6.90. The summed E-state index contributed by atoms with van der Waals surface area (Å²) in [5.74, 6) is 0.830. The first-order chi connectivity index (χ1) is 13.2. The van der Waals surface area contributed by atoms with Crippen LogP contribution in [0.2, 0.25) is 0 Å². The standard InChI is InChI=1S/C21H30N6/c1-17-14-18(2)27(25-17)13-7-10-23-21(22-3)24-16-19-8-6-9-20(15-19)26-11-4-5-12-26/h4-6,8-9,14-15H,7,10-13,16H2,1-3H3,(H2,22,23,24). The van der Waals surface area contributed by atoms with Crippen LogP contribution in [-0.2, 0) is 13.1 Å². The molecule has 1 aromatic heterocycles. The van der Waals surface area contributed by atoms with Gasteiger partial charge in [-0.25, -0.2) is 0 Å². The summed E-state index contributed by atoms with van der Waals surface area (Å²) in [4.78, 5) is 6.68. The SMILES string of the molecule is CN=C(NCCCn1nc(C)cc1C)NCc1cccc(N2CC=CC2)c1. The maximum absolute atomic E-state index is 4.50. The molecular weight excluding hydrogens is 336 g/mol. The number of hydrogen-bond acceptors (Lipinski definition) is 3. The van der Waals surface area contributed by atoms with Crippen LogP contribution in [0.5, 0.6) is 0 Å². The van der Waals surface area contributed by atoms with Crippen LogP contribution in [-0.4, -0.2) is 42.4 Å². The van der Waals surface area contributed by atoms with Crippen molar-refractivity contribution in [3.05, 3.63) is 59.4 Å². The second kappa shape index (κ2) is 9.26. The van der Waals surface area contributed by atoms with E-state index >= 15 is 0 Å². The minimum atomic E-state index is 0.756. The molecule has 0 saturated carbocycles. The van der Waals surface area contributed by atoms with E-state index in [1.165, 1.54) is 16.9 Å². The molecule has 6 nitrogen and oxygen atoms in total. The van der Waals surface area contributed by atoms with Crippen LogP contribution < -0.4 is 15.5 Å². The van der Waals surface area contributed by atoms with Gasteiger partial charge in [-0.1, -0.05) is 24.3 Å². The van der Waals surface area contributed by atoms with E-state index in [2.05, 4.69) is 79.7 Å². The summed E-state index contributed by atoms with van der Waals surface area (Å²) < 4.78 is 2.06. The van der Waals surface area contributed by atoms with E-state index in [0.717, 1.165) is 50.8 Å². The molecule has 144 valence electrons. The van der Waals surface area contributed by atoms with Gasteiger partial charge in [0, 0.05) is 51.2 Å².